The molecule has 0 spiro atoms. The van der Waals surface area contributed by atoms with Crippen LogP contribution in [0, 0.1) is 5.92 Å². The number of aromatic nitrogens is 3. The van der Waals surface area contributed by atoms with Crippen molar-refractivity contribution in [2.75, 3.05) is 11.9 Å². The van der Waals surface area contributed by atoms with E-state index in [9.17, 15) is 5.11 Å². The van der Waals surface area contributed by atoms with Crippen LogP contribution in [0.15, 0.2) is 24.5 Å². The van der Waals surface area contributed by atoms with E-state index in [2.05, 4.69) is 20.3 Å². The van der Waals surface area contributed by atoms with Crippen LogP contribution in [0.3, 0.4) is 0 Å². The number of nitrogens with one attached hydrogen (secondary N) is 1. The molecular formula is C14H18N4O. The van der Waals surface area contributed by atoms with Crippen molar-refractivity contribution in [3.8, 4) is 0 Å². The minimum absolute atomic E-state index is 0.241. The number of fused-ring (bicyclic) bond motifs is 1. The van der Waals surface area contributed by atoms with Gasteiger partial charge in [-0.2, -0.15) is 0 Å². The molecule has 0 aliphatic heterocycles. The Hall–Kier alpha value is -1.75. The van der Waals surface area contributed by atoms with Gasteiger partial charge in [0, 0.05) is 31.0 Å². The standard InChI is InChI=1S/C14H18N4O/c19-9-10-3-1-2-4-11(10)17-13-6-5-12-14(18-13)16-8-7-15-12/h5-8,10-11,19H,1-4,9H2,(H,16,17,18)/t10-,11-/m0/s1. The van der Waals surface area contributed by atoms with Crippen LogP contribution >= 0.6 is 0 Å². The number of anilines is 1. The summed E-state index contributed by atoms with van der Waals surface area (Å²) in [5.74, 6) is 1.14. The van der Waals surface area contributed by atoms with E-state index in [4.69, 9.17) is 0 Å². The summed E-state index contributed by atoms with van der Waals surface area (Å²) in [6.07, 6.45) is 7.91. The zero-order valence-electron chi connectivity index (χ0n) is 10.8. The molecule has 1 aliphatic rings. The first-order valence-corrected chi connectivity index (χ1v) is 6.82. The fourth-order valence-corrected chi connectivity index (χ4v) is 2.74. The Morgan fingerprint density at radius 2 is 2.00 bits per heavy atom. The Bertz CT molecular complexity index is 560. The monoisotopic (exact) mass is 258 g/mol. The predicted octanol–water partition coefficient (Wildman–Crippen LogP) is 1.99. The van der Waals surface area contributed by atoms with Crippen molar-refractivity contribution >= 4 is 17.0 Å². The molecule has 1 aliphatic carbocycles. The normalized spacial score (nSPS) is 23.4. The molecule has 1 fully saturated rings. The molecule has 0 unspecified atom stereocenters. The molecule has 5 nitrogen and oxygen atoms in total. The number of hydrogen-bond donors (Lipinski definition) is 2. The van der Waals surface area contributed by atoms with Gasteiger partial charge in [-0.15, -0.1) is 0 Å². The SMILES string of the molecule is OC[C@@H]1CCCC[C@@H]1Nc1ccc2nccnc2n1. The summed E-state index contributed by atoms with van der Waals surface area (Å²) in [7, 11) is 0. The molecule has 19 heavy (non-hydrogen) atoms. The highest BCUT2D eigenvalue weighted by molar-refractivity contribution is 5.71. The smallest absolute Gasteiger partial charge is 0.180 e. The van der Waals surface area contributed by atoms with Gasteiger partial charge >= 0.3 is 0 Å². The van der Waals surface area contributed by atoms with Crippen molar-refractivity contribution in [2.24, 2.45) is 5.92 Å². The predicted molar refractivity (Wildman–Crippen MR) is 73.8 cm³/mol. The van der Waals surface area contributed by atoms with Gasteiger partial charge in [-0.3, -0.25) is 4.98 Å². The lowest BCUT2D eigenvalue weighted by Gasteiger charge is -2.31. The minimum atomic E-state index is 0.241. The van der Waals surface area contributed by atoms with Crippen LogP contribution < -0.4 is 5.32 Å². The quantitative estimate of drug-likeness (QED) is 0.881. The van der Waals surface area contributed by atoms with E-state index >= 15 is 0 Å². The van der Waals surface area contributed by atoms with Crippen molar-refractivity contribution in [3.05, 3.63) is 24.5 Å². The number of rotatable bonds is 3. The first kappa shape index (κ1) is 12.3. The maximum atomic E-state index is 9.43. The maximum absolute atomic E-state index is 9.43. The molecule has 0 amide bonds. The fourth-order valence-electron chi connectivity index (χ4n) is 2.74. The van der Waals surface area contributed by atoms with Crippen LogP contribution in [-0.4, -0.2) is 32.7 Å². The van der Waals surface area contributed by atoms with E-state index in [1.807, 2.05) is 12.1 Å². The van der Waals surface area contributed by atoms with Gasteiger partial charge in [0.15, 0.2) is 5.65 Å². The van der Waals surface area contributed by atoms with Crippen LogP contribution in [0.5, 0.6) is 0 Å². The molecule has 1 saturated carbocycles. The second-order valence-electron chi connectivity index (χ2n) is 5.07. The molecule has 100 valence electrons. The molecule has 2 N–H and O–H groups in total. The maximum Gasteiger partial charge on any atom is 0.180 e. The number of aliphatic hydroxyl groups excluding tert-OH is 1. The summed E-state index contributed by atoms with van der Waals surface area (Å²) < 4.78 is 0. The summed E-state index contributed by atoms with van der Waals surface area (Å²) in [5, 5.41) is 12.9. The first-order chi connectivity index (χ1) is 9.36. The molecule has 2 heterocycles. The Kier molecular flexibility index (Phi) is 3.55. The summed E-state index contributed by atoms with van der Waals surface area (Å²) in [5.41, 5.74) is 1.46. The molecule has 3 rings (SSSR count). The van der Waals surface area contributed by atoms with Crippen LogP contribution in [0.2, 0.25) is 0 Å². The lowest BCUT2D eigenvalue weighted by Crippen LogP contribution is -2.34. The number of aliphatic hydroxyl groups is 1. The highest BCUT2D eigenvalue weighted by atomic mass is 16.3. The van der Waals surface area contributed by atoms with Gasteiger partial charge in [-0.05, 0) is 25.0 Å². The average molecular weight is 258 g/mol. The number of pyridine rings is 1. The van der Waals surface area contributed by atoms with Gasteiger partial charge in [0.2, 0.25) is 0 Å². The van der Waals surface area contributed by atoms with Gasteiger partial charge in [-0.1, -0.05) is 12.8 Å². The molecule has 0 radical (unpaired) electrons. The highest BCUT2D eigenvalue weighted by Gasteiger charge is 2.24. The summed E-state index contributed by atoms with van der Waals surface area (Å²) in [6, 6.07) is 4.16. The fraction of sp³-hybridized carbons (Fsp3) is 0.500. The third-order valence-electron chi connectivity index (χ3n) is 3.81. The van der Waals surface area contributed by atoms with Gasteiger partial charge in [0.1, 0.15) is 11.3 Å². The molecule has 5 heteroatoms. The summed E-state index contributed by atoms with van der Waals surface area (Å²) in [4.78, 5) is 12.9. The van der Waals surface area contributed by atoms with E-state index < -0.39 is 0 Å². The minimum Gasteiger partial charge on any atom is -0.396 e. The van der Waals surface area contributed by atoms with E-state index in [-0.39, 0.29) is 6.61 Å². The van der Waals surface area contributed by atoms with Crippen molar-refractivity contribution in [1.29, 1.82) is 0 Å². The van der Waals surface area contributed by atoms with Crippen LogP contribution in [0.1, 0.15) is 25.7 Å². The van der Waals surface area contributed by atoms with Crippen LogP contribution in [0.25, 0.3) is 11.2 Å². The Balaban J connectivity index is 1.80. The number of nitrogens with zero attached hydrogens (tertiary/aromatic N) is 3. The van der Waals surface area contributed by atoms with Gasteiger partial charge in [-0.25, -0.2) is 9.97 Å². The van der Waals surface area contributed by atoms with Gasteiger partial charge < -0.3 is 10.4 Å². The van der Waals surface area contributed by atoms with Crippen molar-refractivity contribution < 1.29 is 5.11 Å². The largest absolute Gasteiger partial charge is 0.396 e. The Labute approximate surface area is 112 Å². The first-order valence-electron chi connectivity index (χ1n) is 6.82. The van der Waals surface area contributed by atoms with Crippen molar-refractivity contribution in [1.82, 2.24) is 15.0 Å². The molecule has 2 aromatic heterocycles. The molecule has 2 aromatic rings. The van der Waals surface area contributed by atoms with E-state index in [1.54, 1.807) is 12.4 Å². The van der Waals surface area contributed by atoms with Crippen LogP contribution in [-0.2, 0) is 0 Å². The van der Waals surface area contributed by atoms with Gasteiger partial charge in [0.25, 0.3) is 0 Å². The van der Waals surface area contributed by atoms with Crippen molar-refractivity contribution in [3.63, 3.8) is 0 Å². The Morgan fingerprint density at radius 3 is 2.89 bits per heavy atom. The second kappa shape index (κ2) is 5.48. The van der Waals surface area contributed by atoms with E-state index in [1.165, 1.54) is 12.8 Å². The molecule has 2 atom stereocenters. The average Bonchev–Trinajstić information content (AvgIpc) is 2.48. The van der Waals surface area contributed by atoms with Crippen LogP contribution in [0.4, 0.5) is 5.82 Å². The Morgan fingerprint density at radius 1 is 1.16 bits per heavy atom. The highest BCUT2D eigenvalue weighted by Crippen LogP contribution is 2.26. The molecule has 0 bridgehead atoms. The number of hydrogen-bond acceptors (Lipinski definition) is 5. The molecular weight excluding hydrogens is 240 g/mol. The third kappa shape index (κ3) is 2.66. The topological polar surface area (TPSA) is 70.9 Å². The van der Waals surface area contributed by atoms with E-state index in [0.717, 1.165) is 24.2 Å². The molecule has 0 saturated heterocycles. The molecule has 0 aromatic carbocycles. The zero-order valence-corrected chi connectivity index (χ0v) is 10.8. The summed E-state index contributed by atoms with van der Waals surface area (Å²) in [6.45, 7) is 0.241. The summed E-state index contributed by atoms with van der Waals surface area (Å²) >= 11 is 0. The van der Waals surface area contributed by atoms with Gasteiger partial charge in [0.05, 0.1) is 0 Å². The lowest BCUT2D eigenvalue weighted by atomic mass is 9.85. The lowest BCUT2D eigenvalue weighted by molar-refractivity contribution is 0.178. The van der Waals surface area contributed by atoms with E-state index in [0.29, 0.717) is 17.6 Å². The third-order valence-corrected chi connectivity index (χ3v) is 3.81. The van der Waals surface area contributed by atoms with Crippen molar-refractivity contribution in [2.45, 2.75) is 31.7 Å². The second-order valence-corrected chi connectivity index (χ2v) is 5.07. The zero-order chi connectivity index (χ0) is 13.1.